The number of hydrogen-bond donors (Lipinski definition) is 3. The van der Waals surface area contributed by atoms with Gasteiger partial charge in [0, 0.05) is 0 Å². The van der Waals surface area contributed by atoms with E-state index in [4.69, 9.17) is 9.05 Å². The maximum absolute atomic E-state index is 12.4. The number of carbonyl (C=O) groups excluding carboxylic acids is 3. The summed E-state index contributed by atoms with van der Waals surface area (Å²) >= 11 is 0. The Hall–Kier alpha value is -1.32. The van der Waals surface area contributed by atoms with E-state index in [-0.39, 0.29) is 32.5 Å². The predicted molar refractivity (Wildman–Crippen MR) is 89.4 cm³/mol. The fourth-order valence-corrected chi connectivity index (χ4v) is 4.13. The first-order valence-electron chi connectivity index (χ1n) is 7.84. The summed E-state index contributed by atoms with van der Waals surface area (Å²) in [4.78, 5) is 45.0. The standard InChI is InChI=1S/C14H27N2O8P/c1-14(2)9-23-25(20,16-8-6-11(18)22-4)24-12(14)13(19)15-7-5-10(17)21-3/h12,16,20,25H,5-9H2,1-4H3,(H,15,19)/t12-/m0/s1. The quantitative estimate of drug-likeness (QED) is 0.381. The van der Waals surface area contributed by atoms with Gasteiger partial charge >= 0.3 is 146 Å². The van der Waals surface area contributed by atoms with E-state index in [9.17, 15) is 19.3 Å². The molecule has 0 aromatic heterocycles. The van der Waals surface area contributed by atoms with E-state index >= 15 is 0 Å². The topological polar surface area (TPSA) is 132 Å². The summed E-state index contributed by atoms with van der Waals surface area (Å²) in [6.45, 7) is 3.81. The zero-order chi connectivity index (χ0) is 19.1. The van der Waals surface area contributed by atoms with Gasteiger partial charge in [-0.15, -0.1) is 0 Å². The van der Waals surface area contributed by atoms with E-state index in [0.29, 0.717) is 0 Å². The van der Waals surface area contributed by atoms with Gasteiger partial charge in [-0.25, -0.2) is 0 Å². The van der Waals surface area contributed by atoms with Crippen molar-refractivity contribution >= 4 is 25.9 Å². The van der Waals surface area contributed by atoms with Crippen LogP contribution in [0.5, 0.6) is 0 Å². The molecule has 1 amide bonds. The van der Waals surface area contributed by atoms with Crippen molar-refractivity contribution in [1.82, 2.24) is 10.4 Å². The molecule has 0 bridgehead atoms. The van der Waals surface area contributed by atoms with Gasteiger partial charge in [0.05, 0.1) is 0 Å². The first-order valence-corrected chi connectivity index (χ1v) is 9.60. The molecule has 1 heterocycles. The van der Waals surface area contributed by atoms with Crippen molar-refractivity contribution in [3.63, 3.8) is 0 Å². The third-order valence-electron chi connectivity index (χ3n) is 3.63. The van der Waals surface area contributed by atoms with Crippen molar-refractivity contribution in [3.05, 3.63) is 0 Å². The van der Waals surface area contributed by atoms with Crippen LogP contribution in [0.25, 0.3) is 0 Å². The van der Waals surface area contributed by atoms with E-state index in [1.54, 1.807) is 13.8 Å². The average Bonchev–Trinajstić information content (AvgIpc) is 2.56. The second kappa shape index (κ2) is 9.40. The van der Waals surface area contributed by atoms with Gasteiger partial charge in [0.2, 0.25) is 0 Å². The molecule has 1 atom stereocenters. The number of esters is 2. The van der Waals surface area contributed by atoms with Crippen LogP contribution >= 0.6 is 8.09 Å². The molecule has 0 aliphatic carbocycles. The van der Waals surface area contributed by atoms with Gasteiger partial charge in [-0.1, -0.05) is 0 Å². The minimum atomic E-state index is -3.81. The molecule has 146 valence electrons. The molecule has 1 saturated heterocycles. The van der Waals surface area contributed by atoms with Gasteiger partial charge in [-0.2, -0.15) is 0 Å². The van der Waals surface area contributed by atoms with Gasteiger partial charge in [0.1, 0.15) is 0 Å². The first kappa shape index (κ1) is 21.7. The van der Waals surface area contributed by atoms with E-state index in [1.165, 1.54) is 14.2 Å². The van der Waals surface area contributed by atoms with E-state index in [2.05, 4.69) is 19.9 Å². The Kier molecular flexibility index (Phi) is 8.17. The second-order valence-corrected chi connectivity index (χ2v) is 8.27. The monoisotopic (exact) mass is 382 g/mol. The number of methoxy groups -OCH3 is 2. The Balaban J connectivity index is 2.61. The molecule has 0 spiro atoms. The molecule has 11 heteroatoms. The Bertz CT molecular complexity index is 501. The van der Waals surface area contributed by atoms with Crippen LogP contribution in [0, 0.1) is 5.41 Å². The molecule has 1 rings (SSSR count). The zero-order valence-corrected chi connectivity index (χ0v) is 15.9. The van der Waals surface area contributed by atoms with Crippen molar-refractivity contribution in [2.24, 2.45) is 5.41 Å². The molecule has 25 heavy (non-hydrogen) atoms. The summed E-state index contributed by atoms with van der Waals surface area (Å²) in [5.74, 6) is -1.35. The Labute approximate surface area is 147 Å². The third-order valence-corrected chi connectivity index (χ3v) is 5.41. The van der Waals surface area contributed by atoms with Crippen LogP contribution in [-0.2, 0) is 32.9 Å². The Morgan fingerprint density at radius 3 is 2.28 bits per heavy atom. The summed E-state index contributed by atoms with van der Waals surface area (Å²) in [5.41, 5.74) is -0.682. The van der Waals surface area contributed by atoms with Crippen molar-refractivity contribution in [2.45, 2.75) is 32.8 Å². The van der Waals surface area contributed by atoms with Gasteiger partial charge in [-0.05, 0) is 0 Å². The number of nitrogens with one attached hydrogen (secondary N) is 2. The molecule has 10 nitrogen and oxygen atoms in total. The molecule has 1 aliphatic heterocycles. The van der Waals surface area contributed by atoms with Crippen LogP contribution in [0.3, 0.4) is 0 Å². The van der Waals surface area contributed by atoms with Crippen molar-refractivity contribution in [1.29, 1.82) is 0 Å². The normalized spacial score (nSPS) is 22.5. The first-order chi connectivity index (χ1) is 11.6. The van der Waals surface area contributed by atoms with Crippen LogP contribution in [0.2, 0.25) is 0 Å². The van der Waals surface area contributed by atoms with Crippen molar-refractivity contribution in [3.8, 4) is 0 Å². The number of carbonyl (C=O) groups is 3. The van der Waals surface area contributed by atoms with Crippen LogP contribution < -0.4 is 10.4 Å². The number of rotatable bonds is 8. The molecule has 0 radical (unpaired) electrons. The summed E-state index contributed by atoms with van der Waals surface area (Å²) in [5, 5.41) is 5.25. The molecule has 0 unspecified atom stereocenters. The minimum absolute atomic E-state index is 0.0257. The second-order valence-electron chi connectivity index (χ2n) is 6.23. The number of ether oxygens (including phenoxy) is 2. The van der Waals surface area contributed by atoms with Crippen LogP contribution in [-0.4, -0.2) is 62.8 Å². The zero-order valence-electron chi connectivity index (χ0n) is 14.9. The van der Waals surface area contributed by atoms with Gasteiger partial charge in [0.25, 0.3) is 0 Å². The number of hydrogen-bond acceptors (Lipinski definition) is 9. The van der Waals surface area contributed by atoms with E-state index in [0.717, 1.165) is 0 Å². The summed E-state index contributed by atoms with van der Waals surface area (Å²) < 4.78 is 19.9. The van der Waals surface area contributed by atoms with Gasteiger partial charge in [0.15, 0.2) is 0 Å². The molecule has 0 aromatic carbocycles. The van der Waals surface area contributed by atoms with Gasteiger partial charge in [-0.3, -0.25) is 0 Å². The van der Waals surface area contributed by atoms with Crippen LogP contribution in [0.1, 0.15) is 26.7 Å². The van der Waals surface area contributed by atoms with E-state index < -0.39 is 37.5 Å². The molecule has 1 fully saturated rings. The summed E-state index contributed by atoms with van der Waals surface area (Å²) in [6.07, 6.45) is -0.913. The van der Waals surface area contributed by atoms with Crippen LogP contribution in [0.15, 0.2) is 0 Å². The molecule has 3 N–H and O–H groups in total. The predicted octanol–water partition coefficient (Wildman–Crippen LogP) is -0.338. The Morgan fingerprint density at radius 1 is 1.16 bits per heavy atom. The summed E-state index contributed by atoms with van der Waals surface area (Å²) in [6, 6.07) is 0. The fraction of sp³-hybridized carbons (Fsp3) is 0.786. The molecular weight excluding hydrogens is 355 g/mol. The van der Waals surface area contributed by atoms with E-state index in [1.807, 2.05) is 0 Å². The number of amides is 1. The van der Waals surface area contributed by atoms with Crippen LogP contribution in [0.4, 0.5) is 0 Å². The van der Waals surface area contributed by atoms with Crippen molar-refractivity contribution < 1.29 is 37.8 Å². The van der Waals surface area contributed by atoms with Crippen molar-refractivity contribution in [2.75, 3.05) is 33.9 Å². The Morgan fingerprint density at radius 2 is 1.72 bits per heavy atom. The average molecular weight is 382 g/mol. The third kappa shape index (κ3) is 6.83. The molecule has 0 aromatic rings. The molecule has 0 saturated carbocycles. The maximum atomic E-state index is 12.4. The SMILES string of the molecule is COC(=O)CCNC(=O)[C@@H]1O[PH](O)(NCCC(=O)OC)OCC1(C)C. The fourth-order valence-electron chi connectivity index (χ4n) is 2.12. The van der Waals surface area contributed by atoms with Gasteiger partial charge < -0.3 is 0 Å². The molecule has 1 aliphatic rings. The summed E-state index contributed by atoms with van der Waals surface area (Å²) in [7, 11) is -1.28. The molecular formula is C14H27N2O8P.